The molecule has 3 rings (SSSR count). The van der Waals surface area contributed by atoms with Crippen LogP contribution in [0.5, 0.6) is 11.5 Å². The van der Waals surface area contributed by atoms with Crippen LogP contribution in [0.15, 0.2) is 75.7 Å². The average Bonchev–Trinajstić information content (AvgIpc) is 2.69. The average molecular weight is 572 g/mol. The molecule has 0 aliphatic rings. The minimum atomic E-state index is -4.36. The van der Waals surface area contributed by atoms with E-state index in [0.29, 0.717) is 16.8 Å². The summed E-state index contributed by atoms with van der Waals surface area (Å²) in [5.41, 5.74) is -0.534. The summed E-state index contributed by atoms with van der Waals surface area (Å²) in [6.07, 6.45) is -8.71. The third-order valence-corrected chi connectivity index (χ3v) is 5.03. The molecule has 0 aromatic heterocycles. The van der Waals surface area contributed by atoms with Crippen LogP contribution in [0.3, 0.4) is 0 Å². The van der Waals surface area contributed by atoms with Crippen LogP contribution in [0.4, 0.5) is 26.3 Å². The van der Waals surface area contributed by atoms with Crippen LogP contribution in [-0.4, -0.2) is 5.11 Å². The highest BCUT2D eigenvalue weighted by Gasteiger charge is 2.31. The predicted molar refractivity (Wildman–Crippen MR) is 111 cm³/mol. The van der Waals surface area contributed by atoms with Crippen molar-refractivity contribution in [2.75, 3.05) is 0 Å². The van der Waals surface area contributed by atoms with E-state index >= 15 is 0 Å². The van der Waals surface area contributed by atoms with Gasteiger partial charge in [-0.1, -0.05) is 30.3 Å². The minimum absolute atomic E-state index is 0.0392. The zero-order valence-corrected chi connectivity index (χ0v) is 18.6. The number of phenols is 1. The lowest BCUT2D eigenvalue weighted by Crippen LogP contribution is -2.05. The molecule has 0 amide bonds. The molecule has 1 N–H and O–H groups in total. The fourth-order valence-corrected chi connectivity index (χ4v) is 3.08. The molecule has 0 saturated heterocycles. The second kappa shape index (κ2) is 10.4. The monoisotopic (exact) mass is 570 g/mol. The van der Waals surface area contributed by atoms with E-state index in [0.717, 1.165) is 35.9 Å². The molecule has 0 bridgehead atoms. The lowest BCUT2D eigenvalue weighted by molar-refractivity contribution is -0.138. The van der Waals surface area contributed by atoms with Crippen LogP contribution in [-0.2, 0) is 19.0 Å². The van der Waals surface area contributed by atoms with Gasteiger partial charge in [0.15, 0.2) is 0 Å². The zero-order chi connectivity index (χ0) is 23.2. The van der Waals surface area contributed by atoms with Gasteiger partial charge in [-0.3, -0.25) is 0 Å². The maximum Gasteiger partial charge on any atom is 0.416 e. The van der Waals surface area contributed by atoms with Crippen molar-refractivity contribution in [1.82, 2.24) is 0 Å². The first-order chi connectivity index (χ1) is 14.4. The first kappa shape index (κ1) is 25.1. The molecule has 0 atom stereocenters. The number of rotatable bonds is 3. The summed E-state index contributed by atoms with van der Waals surface area (Å²) in [6, 6.07) is 15.4. The van der Waals surface area contributed by atoms with Gasteiger partial charge >= 0.3 is 12.4 Å². The highest BCUT2D eigenvalue weighted by molar-refractivity contribution is 9.10. The zero-order valence-electron chi connectivity index (χ0n) is 15.4. The highest BCUT2D eigenvalue weighted by atomic mass is 79.9. The molecule has 3 aromatic carbocycles. The highest BCUT2D eigenvalue weighted by Crippen LogP contribution is 2.35. The van der Waals surface area contributed by atoms with Crippen molar-refractivity contribution in [3.05, 3.63) is 92.4 Å². The number of halogens is 8. The number of hydrogen-bond acceptors (Lipinski definition) is 2. The molecule has 0 aliphatic heterocycles. The van der Waals surface area contributed by atoms with Crippen molar-refractivity contribution in [3.63, 3.8) is 0 Å². The van der Waals surface area contributed by atoms with E-state index in [1.807, 2.05) is 30.3 Å². The molecule has 2 nitrogen and oxygen atoms in total. The third-order valence-electron chi connectivity index (χ3n) is 3.77. The Hall–Kier alpha value is -2.20. The summed E-state index contributed by atoms with van der Waals surface area (Å²) < 4.78 is 79.3. The van der Waals surface area contributed by atoms with Crippen molar-refractivity contribution in [3.8, 4) is 11.5 Å². The van der Waals surface area contributed by atoms with E-state index < -0.39 is 23.5 Å². The van der Waals surface area contributed by atoms with Gasteiger partial charge in [-0.25, -0.2) is 0 Å². The molecule has 0 radical (unpaired) electrons. The lowest BCUT2D eigenvalue weighted by atomic mass is 10.2. The summed E-state index contributed by atoms with van der Waals surface area (Å²) in [4.78, 5) is 0. The van der Waals surface area contributed by atoms with Crippen LogP contribution in [0, 0.1) is 0 Å². The van der Waals surface area contributed by atoms with Crippen molar-refractivity contribution in [2.45, 2.75) is 19.0 Å². The van der Waals surface area contributed by atoms with Gasteiger partial charge in [0.25, 0.3) is 0 Å². The summed E-state index contributed by atoms with van der Waals surface area (Å²) >= 11 is 5.88. The smallest absolute Gasteiger partial charge is 0.416 e. The van der Waals surface area contributed by atoms with Gasteiger partial charge < -0.3 is 9.84 Å². The standard InChI is InChI=1S/C14H10BrF3O.C7H4BrF3O/c15-12-8-11(14(16,17)18)6-7-13(12)19-9-10-4-2-1-3-5-10;8-5-3-4(7(9,10)11)1-2-6(5)12/h1-8H,9H2;1-3,12H. The van der Waals surface area contributed by atoms with Gasteiger partial charge in [0.05, 0.1) is 20.1 Å². The van der Waals surface area contributed by atoms with Crippen LogP contribution >= 0.6 is 31.9 Å². The largest absolute Gasteiger partial charge is 0.507 e. The van der Waals surface area contributed by atoms with Gasteiger partial charge in [0.2, 0.25) is 0 Å². The molecule has 0 unspecified atom stereocenters. The maximum atomic E-state index is 12.5. The summed E-state index contributed by atoms with van der Waals surface area (Å²) in [5, 5.41) is 8.90. The molecule has 31 heavy (non-hydrogen) atoms. The number of aromatic hydroxyl groups is 1. The van der Waals surface area contributed by atoms with Crippen LogP contribution in [0.1, 0.15) is 16.7 Å². The minimum Gasteiger partial charge on any atom is -0.507 e. The van der Waals surface area contributed by atoms with Gasteiger partial charge in [-0.15, -0.1) is 0 Å². The van der Waals surface area contributed by atoms with E-state index in [1.165, 1.54) is 6.07 Å². The molecule has 3 aromatic rings. The Labute approximate surface area is 190 Å². The first-order valence-electron chi connectivity index (χ1n) is 8.47. The molecule has 0 saturated carbocycles. The Morgan fingerprint density at radius 1 is 0.710 bits per heavy atom. The van der Waals surface area contributed by atoms with Crippen molar-refractivity contribution in [1.29, 1.82) is 0 Å². The Morgan fingerprint density at radius 3 is 1.71 bits per heavy atom. The summed E-state index contributed by atoms with van der Waals surface area (Å²) in [7, 11) is 0. The normalized spacial score (nSPS) is 11.5. The Bertz CT molecular complexity index is 1000. The topological polar surface area (TPSA) is 29.5 Å². The van der Waals surface area contributed by atoms with Crippen LogP contribution < -0.4 is 4.74 Å². The van der Waals surface area contributed by atoms with Crippen LogP contribution in [0.2, 0.25) is 0 Å². The predicted octanol–water partition coefficient (Wildman–Crippen LogP) is 8.22. The molecule has 10 heteroatoms. The van der Waals surface area contributed by atoms with Gasteiger partial charge in [0, 0.05) is 0 Å². The molecular weight excluding hydrogens is 558 g/mol. The third kappa shape index (κ3) is 7.77. The number of ether oxygens (including phenoxy) is 1. The van der Waals surface area contributed by atoms with E-state index in [2.05, 4.69) is 31.9 Å². The van der Waals surface area contributed by atoms with E-state index in [-0.39, 0.29) is 10.2 Å². The first-order valence-corrected chi connectivity index (χ1v) is 10.1. The molecule has 0 fully saturated rings. The molecule has 0 spiro atoms. The van der Waals surface area contributed by atoms with Gasteiger partial charge in [-0.05, 0) is 73.8 Å². The summed E-state index contributed by atoms with van der Waals surface area (Å²) in [5.74, 6) is 0.180. The second-order valence-electron chi connectivity index (χ2n) is 6.08. The lowest BCUT2D eigenvalue weighted by Gasteiger charge is -2.11. The molecular formula is C21H14Br2F6O2. The SMILES string of the molecule is FC(F)(F)c1ccc(OCc2ccccc2)c(Br)c1.Oc1ccc(C(F)(F)F)cc1Br. The number of hydrogen-bond donors (Lipinski definition) is 1. The van der Waals surface area contributed by atoms with E-state index in [4.69, 9.17) is 9.84 Å². The number of benzene rings is 3. The van der Waals surface area contributed by atoms with Gasteiger partial charge in [0.1, 0.15) is 18.1 Å². The quantitative estimate of drug-likeness (QED) is 0.321. The second-order valence-corrected chi connectivity index (χ2v) is 7.79. The van der Waals surface area contributed by atoms with E-state index in [1.54, 1.807) is 0 Å². The molecule has 0 heterocycles. The van der Waals surface area contributed by atoms with Gasteiger partial charge in [-0.2, -0.15) is 26.3 Å². The fourth-order valence-electron chi connectivity index (χ4n) is 2.21. The Balaban J connectivity index is 0.000000245. The molecule has 166 valence electrons. The maximum absolute atomic E-state index is 12.5. The Morgan fingerprint density at radius 2 is 1.23 bits per heavy atom. The number of phenolic OH excluding ortho intramolecular Hbond substituents is 1. The molecule has 0 aliphatic carbocycles. The Kier molecular flexibility index (Phi) is 8.41. The van der Waals surface area contributed by atoms with Crippen molar-refractivity contribution >= 4 is 31.9 Å². The summed E-state index contributed by atoms with van der Waals surface area (Å²) in [6.45, 7) is 0.310. The van der Waals surface area contributed by atoms with Crippen LogP contribution in [0.25, 0.3) is 0 Å². The van der Waals surface area contributed by atoms with Crippen molar-refractivity contribution in [2.24, 2.45) is 0 Å². The van der Waals surface area contributed by atoms with Crippen molar-refractivity contribution < 1.29 is 36.2 Å². The number of alkyl halides is 6. The fraction of sp³-hybridized carbons (Fsp3) is 0.143. The van der Waals surface area contributed by atoms with E-state index in [9.17, 15) is 26.3 Å².